The highest BCUT2D eigenvalue weighted by atomic mass is 35.5. The van der Waals surface area contributed by atoms with E-state index in [0.717, 1.165) is 0 Å². The molecule has 16 heavy (non-hydrogen) atoms. The van der Waals surface area contributed by atoms with E-state index in [2.05, 4.69) is 9.89 Å². The molecule has 0 spiro atoms. The fourth-order valence-electron chi connectivity index (χ4n) is 1.14. The van der Waals surface area contributed by atoms with Crippen molar-refractivity contribution in [1.82, 2.24) is 0 Å². The normalized spacial score (nSPS) is 11.2. The number of halogens is 1. The molecule has 86 valence electrons. The van der Waals surface area contributed by atoms with Crippen LogP contribution >= 0.6 is 11.6 Å². The van der Waals surface area contributed by atoms with Gasteiger partial charge in [-0.15, -0.1) is 0 Å². The third-order valence-electron chi connectivity index (χ3n) is 2.02. The van der Waals surface area contributed by atoms with Crippen LogP contribution in [0.5, 0.6) is 0 Å². The molecule has 0 aliphatic rings. The molecule has 0 atom stereocenters. The van der Waals surface area contributed by atoms with Gasteiger partial charge in [0, 0.05) is 10.6 Å². The second-order valence-corrected chi connectivity index (χ2v) is 3.45. The minimum atomic E-state index is -0.376. The van der Waals surface area contributed by atoms with Gasteiger partial charge in [-0.1, -0.05) is 28.9 Å². The van der Waals surface area contributed by atoms with Gasteiger partial charge in [-0.3, -0.25) is 4.79 Å². The Morgan fingerprint density at radius 2 is 2.31 bits per heavy atom. The number of ether oxygens (including phenoxy) is 1. The maximum Gasteiger partial charge on any atom is 0.310 e. The van der Waals surface area contributed by atoms with Gasteiger partial charge in [0.2, 0.25) is 0 Å². The molecule has 3 N–H and O–H groups in total. The summed E-state index contributed by atoms with van der Waals surface area (Å²) in [5.41, 5.74) is 6.51. The zero-order chi connectivity index (χ0) is 12.1. The Balaban J connectivity index is 2.96. The van der Waals surface area contributed by atoms with Crippen LogP contribution in [0, 0.1) is 0 Å². The number of methoxy groups -OCH3 is 1. The molecule has 0 radical (unpaired) electrons. The summed E-state index contributed by atoms with van der Waals surface area (Å²) in [7, 11) is 1.31. The molecular weight excluding hydrogens is 232 g/mol. The third-order valence-corrected chi connectivity index (χ3v) is 2.37. The lowest BCUT2D eigenvalue weighted by Gasteiger charge is -2.05. The van der Waals surface area contributed by atoms with E-state index in [1.165, 1.54) is 13.2 Å². The molecule has 0 aliphatic carbocycles. The summed E-state index contributed by atoms with van der Waals surface area (Å²) in [6.07, 6.45) is 0.0891. The number of rotatable bonds is 3. The molecule has 1 rings (SSSR count). The van der Waals surface area contributed by atoms with Crippen LogP contribution in [-0.4, -0.2) is 24.1 Å². The molecule has 0 aliphatic heterocycles. The lowest BCUT2D eigenvalue weighted by atomic mass is 10.1. The number of esters is 1. The third kappa shape index (κ3) is 2.87. The summed E-state index contributed by atoms with van der Waals surface area (Å²) in [5, 5.41) is 11.7. The summed E-state index contributed by atoms with van der Waals surface area (Å²) >= 11 is 5.93. The number of amidine groups is 1. The van der Waals surface area contributed by atoms with Crippen LogP contribution in [0.15, 0.2) is 23.4 Å². The molecule has 0 saturated heterocycles. The first-order valence-electron chi connectivity index (χ1n) is 4.41. The average molecular weight is 243 g/mol. The number of carbonyl (C=O) groups excluding carboxylic acids is 1. The molecule has 0 fully saturated rings. The van der Waals surface area contributed by atoms with Crippen LogP contribution in [0.2, 0.25) is 5.02 Å². The number of nitrogens with two attached hydrogens (primary N) is 1. The predicted octanol–water partition coefficient (Wildman–Crippen LogP) is 1.15. The lowest BCUT2D eigenvalue weighted by molar-refractivity contribution is -0.139. The van der Waals surface area contributed by atoms with Crippen LogP contribution in [0.4, 0.5) is 0 Å². The van der Waals surface area contributed by atoms with Crippen molar-refractivity contribution in [3.63, 3.8) is 0 Å². The van der Waals surface area contributed by atoms with Crippen molar-refractivity contribution < 1.29 is 14.7 Å². The molecule has 0 amide bonds. The standard InChI is InChI=1S/C10H11ClN2O3/c1-16-9(14)5-6-2-3-7(4-8(6)11)10(12)13-15/h2-4,15H,5H2,1H3,(H2,12,13). The zero-order valence-corrected chi connectivity index (χ0v) is 9.36. The smallest absolute Gasteiger partial charge is 0.310 e. The fraction of sp³-hybridized carbons (Fsp3) is 0.200. The first-order chi connectivity index (χ1) is 7.58. The quantitative estimate of drug-likeness (QED) is 0.274. The molecule has 0 saturated carbocycles. The second kappa shape index (κ2) is 5.37. The van der Waals surface area contributed by atoms with Crippen molar-refractivity contribution >= 4 is 23.4 Å². The SMILES string of the molecule is COC(=O)Cc1ccc(/C(N)=N/O)cc1Cl. The first kappa shape index (κ1) is 12.3. The van der Waals surface area contributed by atoms with Gasteiger partial charge in [0.25, 0.3) is 0 Å². The Morgan fingerprint density at radius 3 is 2.81 bits per heavy atom. The van der Waals surface area contributed by atoms with Crippen LogP contribution in [-0.2, 0) is 16.0 Å². The summed E-state index contributed by atoms with van der Waals surface area (Å²) in [4.78, 5) is 11.0. The van der Waals surface area contributed by atoms with E-state index >= 15 is 0 Å². The zero-order valence-electron chi connectivity index (χ0n) is 8.61. The Bertz CT molecular complexity index is 432. The largest absolute Gasteiger partial charge is 0.469 e. The molecule has 1 aromatic rings. The predicted molar refractivity (Wildman–Crippen MR) is 59.7 cm³/mol. The van der Waals surface area contributed by atoms with Crippen LogP contribution < -0.4 is 5.73 Å². The summed E-state index contributed by atoms with van der Waals surface area (Å²) in [5.74, 6) is -0.412. The van der Waals surface area contributed by atoms with E-state index in [1.807, 2.05) is 0 Å². The van der Waals surface area contributed by atoms with E-state index in [0.29, 0.717) is 16.1 Å². The Morgan fingerprint density at radius 1 is 1.62 bits per heavy atom. The van der Waals surface area contributed by atoms with Gasteiger partial charge in [-0.25, -0.2) is 0 Å². The van der Waals surface area contributed by atoms with Gasteiger partial charge in [0.1, 0.15) is 0 Å². The van der Waals surface area contributed by atoms with Crippen LogP contribution in [0.25, 0.3) is 0 Å². The van der Waals surface area contributed by atoms with Crippen molar-refractivity contribution in [2.75, 3.05) is 7.11 Å². The van der Waals surface area contributed by atoms with Gasteiger partial charge in [0.05, 0.1) is 13.5 Å². The first-order valence-corrected chi connectivity index (χ1v) is 4.79. The molecule has 0 unspecified atom stereocenters. The van der Waals surface area contributed by atoms with Crippen molar-refractivity contribution in [1.29, 1.82) is 0 Å². The van der Waals surface area contributed by atoms with E-state index in [4.69, 9.17) is 22.5 Å². The number of nitrogens with zero attached hydrogens (tertiary/aromatic N) is 1. The summed E-state index contributed by atoms with van der Waals surface area (Å²) in [6.45, 7) is 0. The summed E-state index contributed by atoms with van der Waals surface area (Å²) in [6, 6.07) is 4.76. The highest BCUT2D eigenvalue weighted by Crippen LogP contribution is 2.18. The maximum atomic E-state index is 11.0. The van der Waals surface area contributed by atoms with E-state index in [1.54, 1.807) is 12.1 Å². The molecular formula is C10H11ClN2O3. The van der Waals surface area contributed by atoms with Gasteiger partial charge in [0.15, 0.2) is 5.84 Å². The van der Waals surface area contributed by atoms with Gasteiger partial charge >= 0.3 is 5.97 Å². The Labute approximate surface area is 97.5 Å². The van der Waals surface area contributed by atoms with Gasteiger partial charge in [-0.2, -0.15) is 0 Å². The second-order valence-electron chi connectivity index (χ2n) is 3.04. The average Bonchev–Trinajstić information content (AvgIpc) is 2.30. The number of benzene rings is 1. The van der Waals surface area contributed by atoms with Gasteiger partial charge in [-0.05, 0) is 11.6 Å². The summed E-state index contributed by atoms with van der Waals surface area (Å²) < 4.78 is 4.52. The van der Waals surface area contributed by atoms with E-state index < -0.39 is 0 Å². The fourth-order valence-corrected chi connectivity index (χ4v) is 1.38. The molecule has 0 bridgehead atoms. The number of hydrogen-bond donors (Lipinski definition) is 2. The maximum absolute atomic E-state index is 11.0. The van der Waals surface area contributed by atoms with Crippen molar-refractivity contribution in [3.05, 3.63) is 34.3 Å². The topological polar surface area (TPSA) is 84.9 Å². The van der Waals surface area contributed by atoms with Crippen molar-refractivity contribution in [2.24, 2.45) is 10.9 Å². The minimum absolute atomic E-state index is 0.0356. The van der Waals surface area contributed by atoms with Gasteiger partial charge < -0.3 is 15.7 Å². The van der Waals surface area contributed by atoms with E-state index in [-0.39, 0.29) is 18.2 Å². The Hall–Kier alpha value is -1.75. The highest BCUT2D eigenvalue weighted by Gasteiger charge is 2.09. The number of carbonyl (C=O) groups is 1. The highest BCUT2D eigenvalue weighted by molar-refractivity contribution is 6.32. The minimum Gasteiger partial charge on any atom is -0.469 e. The number of hydrogen-bond acceptors (Lipinski definition) is 4. The van der Waals surface area contributed by atoms with E-state index in [9.17, 15) is 4.79 Å². The molecule has 1 aromatic carbocycles. The van der Waals surface area contributed by atoms with Crippen LogP contribution in [0.1, 0.15) is 11.1 Å². The van der Waals surface area contributed by atoms with Crippen molar-refractivity contribution in [3.8, 4) is 0 Å². The monoisotopic (exact) mass is 242 g/mol. The molecule has 0 heterocycles. The lowest BCUT2D eigenvalue weighted by Crippen LogP contribution is -2.13. The van der Waals surface area contributed by atoms with Crippen molar-refractivity contribution in [2.45, 2.75) is 6.42 Å². The Kier molecular flexibility index (Phi) is 4.13. The molecule has 0 aromatic heterocycles. The molecule has 6 heteroatoms. The van der Waals surface area contributed by atoms with Crippen LogP contribution in [0.3, 0.4) is 0 Å². The number of oxime groups is 1. The molecule has 5 nitrogen and oxygen atoms in total.